The van der Waals surface area contributed by atoms with Crippen molar-refractivity contribution in [1.29, 1.82) is 0 Å². The van der Waals surface area contributed by atoms with Crippen LogP contribution in [-0.2, 0) is 4.79 Å². The summed E-state index contributed by atoms with van der Waals surface area (Å²) in [5, 5.41) is 5.47. The molecule has 0 saturated carbocycles. The summed E-state index contributed by atoms with van der Waals surface area (Å²) >= 11 is 7.77. The van der Waals surface area contributed by atoms with Crippen molar-refractivity contribution in [2.45, 2.75) is 0 Å². The van der Waals surface area contributed by atoms with Crippen LogP contribution in [0.15, 0.2) is 40.6 Å². The summed E-state index contributed by atoms with van der Waals surface area (Å²) in [5.41, 5.74) is 1.86. The molecule has 1 aliphatic rings. The molecule has 0 aliphatic carbocycles. The lowest BCUT2D eigenvalue weighted by Crippen LogP contribution is -2.17. The molecule has 6 heteroatoms. The molecule has 1 N–H and O–H groups in total. The second-order valence-electron chi connectivity index (χ2n) is 3.80. The molecule has 1 aromatic carbocycles. The Hall–Kier alpha value is -1.50. The minimum absolute atomic E-state index is 0.149. The fourth-order valence-electron chi connectivity index (χ4n) is 1.62. The van der Waals surface area contributed by atoms with Gasteiger partial charge in [-0.1, -0.05) is 54.3 Å². The quantitative estimate of drug-likeness (QED) is 0.683. The van der Waals surface area contributed by atoms with Crippen LogP contribution in [0.25, 0.3) is 16.6 Å². The summed E-state index contributed by atoms with van der Waals surface area (Å²) in [6.45, 7) is 0. The highest BCUT2D eigenvalue weighted by Gasteiger charge is 2.22. The van der Waals surface area contributed by atoms with Crippen LogP contribution in [0, 0.1) is 0 Å². The molecule has 0 spiro atoms. The molecular formula is C13H8N2OS3. The number of hydrogen-bond donors (Lipinski definition) is 1. The summed E-state index contributed by atoms with van der Waals surface area (Å²) in [7, 11) is 0. The van der Waals surface area contributed by atoms with E-state index in [4.69, 9.17) is 12.2 Å². The SMILES string of the molecule is O=C1NC(=S)S/C1=C\c1csc(-c2ccccc2)n1. The average molecular weight is 304 g/mol. The van der Waals surface area contributed by atoms with Crippen LogP contribution in [0.2, 0.25) is 0 Å². The molecule has 2 heterocycles. The first-order chi connectivity index (χ1) is 9.22. The highest BCUT2D eigenvalue weighted by atomic mass is 32.2. The fourth-order valence-corrected chi connectivity index (χ4v) is 3.43. The van der Waals surface area contributed by atoms with E-state index in [0.29, 0.717) is 9.23 Å². The number of thiocarbonyl (C=S) groups is 1. The van der Waals surface area contributed by atoms with Gasteiger partial charge in [0.2, 0.25) is 0 Å². The van der Waals surface area contributed by atoms with Crippen molar-refractivity contribution in [2.75, 3.05) is 0 Å². The maximum atomic E-state index is 11.6. The van der Waals surface area contributed by atoms with Crippen LogP contribution in [0.1, 0.15) is 5.69 Å². The van der Waals surface area contributed by atoms with Gasteiger partial charge in [-0.15, -0.1) is 11.3 Å². The van der Waals surface area contributed by atoms with Crippen molar-refractivity contribution in [3.8, 4) is 10.6 Å². The number of thioether (sulfide) groups is 1. The first-order valence-corrected chi connectivity index (χ1v) is 7.58. The number of hydrogen-bond acceptors (Lipinski definition) is 5. The number of aromatic nitrogens is 1. The summed E-state index contributed by atoms with van der Waals surface area (Å²) in [4.78, 5) is 16.7. The molecule has 0 unspecified atom stereocenters. The molecule has 1 amide bonds. The molecule has 1 fully saturated rings. The van der Waals surface area contributed by atoms with Gasteiger partial charge in [-0.25, -0.2) is 4.98 Å². The monoisotopic (exact) mass is 304 g/mol. The van der Waals surface area contributed by atoms with Crippen LogP contribution in [0.3, 0.4) is 0 Å². The highest BCUT2D eigenvalue weighted by molar-refractivity contribution is 8.26. The first-order valence-electron chi connectivity index (χ1n) is 5.48. The van der Waals surface area contributed by atoms with Crippen LogP contribution >= 0.6 is 35.3 Å². The second kappa shape index (κ2) is 5.24. The second-order valence-corrected chi connectivity index (χ2v) is 6.37. The van der Waals surface area contributed by atoms with E-state index in [0.717, 1.165) is 16.3 Å². The molecule has 3 rings (SSSR count). The zero-order valence-electron chi connectivity index (χ0n) is 9.62. The molecule has 0 radical (unpaired) electrons. The number of nitrogens with zero attached hydrogens (tertiary/aromatic N) is 1. The lowest BCUT2D eigenvalue weighted by molar-refractivity contribution is -0.115. The molecule has 94 valence electrons. The predicted octanol–water partition coefficient (Wildman–Crippen LogP) is 3.30. The third kappa shape index (κ3) is 2.75. The van der Waals surface area contributed by atoms with E-state index in [2.05, 4.69) is 10.3 Å². The van der Waals surface area contributed by atoms with Gasteiger partial charge in [0.05, 0.1) is 10.6 Å². The fraction of sp³-hybridized carbons (Fsp3) is 0. The van der Waals surface area contributed by atoms with Gasteiger partial charge in [-0.05, 0) is 6.08 Å². The zero-order chi connectivity index (χ0) is 13.2. The van der Waals surface area contributed by atoms with Gasteiger partial charge in [0.15, 0.2) is 0 Å². The van der Waals surface area contributed by atoms with Crippen molar-refractivity contribution in [3.05, 3.63) is 46.3 Å². The van der Waals surface area contributed by atoms with Gasteiger partial charge in [0.1, 0.15) is 9.33 Å². The summed E-state index contributed by atoms with van der Waals surface area (Å²) in [6.07, 6.45) is 1.77. The Balaban J connectivity index is 1.89. The van der Waals surface area contributed by atoms with Crippen molar-refractivity contribution in [1.82, 2.24) is 10.3 Å². The van der Waals surface area contributed by atoms with Gasteiger partial charge in [-0.2, -0.15) is 0 Å². The van der Waals surface area contributed by atoms with Crippen molar-refractivity contribution in [2.24, 2.45) is 0 Å². The zero-order valence-corrected chi connectivity index (χ0v) is 12.1. The van der Waals surface area contributed by atoms with E-state index >= 15 is 0 Å². The first kappa shape index (κ1) is 12.5. The molecule has 3 nitrogen and oxygen atoms in total. The van der Waals surface area contributed by atoms with Gasteiger partial charge >= 0.3 is 0 Å². The molecule has 1 aromatic heterocycles. The molecule has 0 bridgehead atoms. The summed E-state index contributed by atoms with van der Waals surface area (Å²) < 4.78 is 0.495. The average Bonchev–Trinajstić information content (AvgIpc) is 2.99. The van der Waals surface area contributed by atoms with Gasteiger partial charge in [-0.3, -0.25) is 4.79 Å². The Morgan fingerprint density at radius 2 is 2.05 bits per heavy atom. The summed E-state index contributed by atoms with van der Waals surface area (Å²) in [6, 6.07) is 9.96. The Kier molecular flexibility index (Phi) is 3.46. The molecule has 0 atom stereocenters. The topological polar surface area (TPSA) is 42.0 Å². The highest BCUT2D eigenvalue weighted by Crippen LogP contribution is 2.28. The minimum atomic E-state index is -0.149. The van der Waals surface area contributed by atoms with Gasteiger partial charge in [0.25, 0.3) is 5.91 Å². The number of benzene rings is 1. The largest absolute Gasteiger partial charge is 0.307 e. The number of thiazole rings is 1. The minimum Gasteiger partial charge on any atom is -0.307 e. The van der Waals surface area contributed by atoms with Crippen molar-refractivity contribution in [3.63, 3.8) is 0 Å². The predicted molar refractivity (Wildman–Crippen MR) is 83.9 cm³/mol. The Morgan fingerprint density at radius 1 is 1.26 bits per heavy atom. The number of carbonyl (C=O) groups is 1. The lowest BCUT2D eigenvalue weighted by Gasteiger charge is -1.93. The maximum Gasteiger partial charge on any atom is 0.263 e. The van der Waals surface area contributed by atoms with Crippen molar-refractivity contribution < 1.29 is 4.79 Å². The Labute approximate surface area is 123 Å². The smallest absolute Gasteiger partial charge is 0.263 e. The van der Waals surface area contributed by atoms with Gasteiger partial charge in [0, 0.05) is 10.9 Å². The Morgan fingerprint density at radius 3 is 2.74 bits per heavy atom. The third-order valence-electron chi connectivity index (χ3n) is 2.46. The van der Waals surface area contributed by atoms with E-state index in [1.165, 1.54) is 11.8 Å². The molecule has 1 aliphatic heterocycles. The number of nitrogens with one attached hydrogen (secondary N) is 1. The van der Waals surface area contributed by atoms with E-state index < -0.39 is 0 Å². The standard InChI is InChI=1S/C13H8N2OS3/c16-11-10(19-13(17)15-11)6-9-7-18-12(14-9)8-4-2-1-3-5-8/h1-7H,(H,15,16,17)/b10-6-. The van der Waals surface area contributed by atoms with E-state index in [9.17, 15) is 4.79 Å². The molecule has 19 heavy (non-hydrogen) atoms. The molecule has 1 saturated heterocycles. The maximum absolute atomic E-state index is 11.6. The number of carbonyl (C=O) groups excluding carboxylic acids is 1. The van der Waals surface area contributed by atoms with E-state index in [-0.39, 0.29) is 5.91 Å². The molecule has 2 aromatic rings. The van der Waals surface area contributed by atoms with Crippen LogP contribution in [0.5, 0.6) is 0 Å². The molecular weight excluding hydrogens is 296 g/mol. The van der Waals surface area contributed by atoms with E-state index in [1.807, 2.05) is 35.7 Å². The van der Waals surface area contributed by atoms with Crippen LogP contribution in [0.4, 0.5) is 0 Å². The Bertz CT molecular complexity index is 676. The van der Waals surface area contributed by atoms with E-state index in [1.54, 1.807) is 17.4 Å². The van der Waals surface area contributed by atoms with Gasteiger partial charge < -0.3 is 5.32 Å². The number of amides is 1. The summed E-state index contributed by atoms with van der Waals surface area (Å²) in [5.74, 6) is -0.149. The van der Waals surface area contributed by atoms with Crippen molar-refractivity contribution >= 4 is 51.6 Å². The normalized spacial score (nSPS) is 16.9. The number of rotatable bonds is 2. The van der Waals surface area contributed by atoms with Crippen LogP contribution in [-0.4, -0.2) is 15.2 Å². The lowest BCUT2D eigenvalue weighted by atomic mass is 10.2. The van der Waals surface area contributed by atoms with Crippen LogP contribution < -0.4 is 5.32 Å². The third-order valence-corrected chi connectivity index (χ3v) is 4.54.